The van der Waals surface area contributed by atoms with Crippen molar-refractivity contribution >= 4 is 15.8 Å². The molecule has 3 heterocycles. The van der Waals surface area contributed by atoms with Crippen LogP contribution in [0.25, 0.3) is 0 Å². The number of nitrogens with zero attached hydrogens (tertiary/aromatic N) is 4. The Morgan fingerprint density at radius 1 is 1.00 bits per heavy atom. The van der Waals surface area contributed by atoms with Crippen LogP contribution in [0, 0.1) is 13.8 Å². The first kappa shape index (κ1) is 15.7. The molecule has 0 amide bonds. The molecule has 2 aliphatic rings. The van der Waals surface area contributed by atoms with Crippen molar-refractivity contribution in [2.45, 2.75) is 32.7 Å². The van der Waals surface area contributed by atoms with Crippen molar-refractivity contribution in [3.8, 4) is 0 Å². The second-order valence-electron chi connectivity index (χ2n) is 6.36. The van der Waals surface area contributed by atoms with E-state index in [2.05, 4.69) is 19.8 Å². The van der Waals surface area contributed by atoms with Gasteiger partial charge in [0.15, 0.2) is 9.84 Å². The molecule has 1 aromatic heterocycles. The highest BCUT2D eigenvalue weighted by molar-refractivity contribution is 7.91. The van der Waals surface area contributed by atoms with E-state index in [1.807, 2.05) is 19.9 Å². The molecule has 6 nitrogen and oxygen atoms in total. The van der Waals surface area contributed by atoms with Gasteiger partial charge < -0.3 is 4.90 Å². The van der Waals surface area contributed by atoms with E-state index in [1.165, 1.54) is 0 Å². The third-order valence-electron chi connectivity index (χ3n) is 4.61. The van der Waals surface area contributed by atoms with Crippen LogP contribution in [-0.4, -0.2) is 67.0 Å². The zero-order valence-electron chi connectivity index (χ0n) is 13.3. The quantitative estimate of drug-likeness (QED) is 0.801. The lowest BCUT2D eigenvalue weighted by Gasteiger charge is -2.40. The molecule has 0 radical (unpaired) electrons. The van der Waals surface area contributed by atoms with E-state index in [1.54, 1.807) is 0 Å². The van der Waals surface area contributed by atoms with Gasteiger partial charge in [-0.15, -0.1) is 0 Å². The molecular weight excluding hydrogens is 300 g/mol. The molecule has 2 saturated heterocycles. The van der Waals surface area contributed by atoms with Gasteiger partial charge >= 0.3 is 0 Å². The third-order valence-corrected chi connectivity index (χ3v) is 6.22. The number of hydrogen-bond donors (Lipinski definition) is 0. The third kappa shape index (κ3) is 3.57. The number of hydrogen-bond acceptors (Lipinski definition) is 6. The van der Waals surface area contributed by atoms with Crippen molar-refractivity contribution in [1.29, 1.82) is 0 Å². The highest BCUT2D eigenvalue weighted by Crippen LogP contribution is 2.22. The normalized spacial score (nSPS) is 23.6. The lowest BCUT2D eigenvalue weighted by Crippen LogP contribution is -2.50. The average Bonchev–Trinajstić information content (AvgIpc) is 2.46. The van der Waals surface area contributed by atoms with Gasteiger partial charge in [0.25, 0.3) is 0 Å². The monoisotopic (exact) mass is 324 g/mol. The van der Waals surface area contributed by atoms with Crippen molar-refractivity contribution < 1.29 is 8.42 Å². The van der Waals surface area contributed by atoms with Gasteiger partial charge in [-0.1, -0.05) is 0 Å². The molecule has 0 N–H and O–H groups in total. The molecular formula is C15H24N4O2S. The van der Waals surface area contributed by atoms with Crippen LogP contribution < -0.4 is 4.90 Å². The highest BCUT2D eigenvalue weighted by atomic mass is 32.2. The summed E-state index contributed by atoms with van der Waals surface area (Å²) in [6.45, 7) is 7.26. The van der Waals surface area contributed by atoms with Gasteiger partial charge in [-0.05, 0) is 32.8 Å². The van der Waals surface area contributed by atoms with Crippen LogP contribution in [-0.2, 0) is 9.84 Å². The predicted octanol–water partition coefficient (Wildman–Crippen LogP) is 0.793. The molecule has 0 unspecified atom stereocenters. The van der Waals surface area contributed by atoms with Crippen molar-refractivity contribution in [3.63, 3.8) is 0 Å². The fourth-order valence-electron chi connectivity index (χ4n) is 3.37. The molecule has 122 valence electrons. The van der Waals surface area contributed by atoms with E-state index in [0.717, 1.165) is 43.3 Å². The molecule has 1 aromatic rings. The average molecular weight is 324 g/mol. The Morgan fingerprint density at radius 3 is 2.09 bits per heavy atom. The van der Waals surface area contributed by atoms with Gasteiger partial charge in [0.1, 0.15) is 0 Å². The lowest BCUT2D eigenvalue weighted by atomic mass is 10.0. The van der Waals surface area contributed by atoms with Crippen LogP contribution in [0.4, 0.5) is 5.95 Å². The molecule has 3 rings (SSSR count). The van der Waals surface area contributed by atoms with E-state index >= 15 is 0 Å². The molecule has 0 aliphatic carbocycles. The number of aryl methyl sites for hydroxylation is 2. The maximum atomic E-state index is 11.5. The zero-order chi connectivity index (χ0) is 15.7. The summed E-state index contributed by atoms with van der Waals surface area (Å²) in [6.07, 6.45) is 2.10. The van der Waals surface area contributed by atoms with Crippen LogP contribution in [0.2, 0.25) is 0 Å². The molecule has 2 aliphatic heterocycles. The van der Waals surface area contributed by atoms with E-state index in [-0.39, 0.29) is 0 Å². The number of aromatic nitrogens is 2. The smallest absolute Gasteiger partial charge is 0.225 e. The molecule has 2 fully saturated rings. The number of rotatable bonds is 2. The summed E-state index contributed by atoms with van der Waals surface area (Å²) in [5.41, 5.74) is 2.01. The van der Waals surface area contributed by atoms with E-state index in [9.17, 15) is 8.42 Å². The minimum absolute atomic E-state index is 0.313. The topological polar surface area (TPSA) is 66.4 Å². The zero-order valence-corrected chi connectivity index (χ0v) is 14.1. The second kappa shape index (κ2) is 6.12. The molecule has 0 aromatic carbocycles. The van der Waals surface area contributed by atoms with Crippen molar-refractivity contribution in [2.75, 3.05) is 42.6 Å². The number of piperidine rings is 1. The second-order valence-corrected chi connectivity index (χ2v) is 8.66. The molecule has 0 saturated carbocycles. The molecule has 0 bridgehead atoms. The summed E-state index contributed by atoms with van der Waals surface area (Å²) in [5, 5.41) is 0. The SMILES string of the molecule is Cc1cc(C)nc(N2CCC(N3CCS(=O)(=O)CC3)CC2)n1. The first-order valence-electron chi connectivity index (χ1n) is 7.95. The highest BCUT2D eigenvalue weighted by Gasteiger charge is 2.30. The predicted molar refractivity (Wildman–Crippen MR) is 87.0 cm³/mol. The molecule has 0 atom stereocenters. The van der Waals surface area contributed by atoms with E-state index < -0.39 is 9.84 Å². The lowest BCUT2D eigenvalue weighted by molar-refractivity contribution is 0.182. The van der Waals surface area contributed by atoms with Gasteiger partial charge in [0.05, 0.1) is 11.5 Å². The molecule has 7 heteroatoms. The Hall–Kier alpha value is -1.21. The Morgan fingerprint density at radius 2 is 1.55 bits per heavy atom. The van der Waals surface area contributed by atoms with Gasteiger partial charge in [0, 0.05) is 43.6 Å². The van der Waals surface area contributed by atoms with Crippen LogP contribution in [0.1, 0.15) is 24.2 Å². The first-order valence-corrected chi connectivity index (χ1v) is 9.77. The first-order chi connectivity index (χ1) is 10.4. The fraction of sp³-hybridized carbons (Fsp3) is 0.733. The summed E-state index contributed by atoms with van der Waals surface area (Å²) in [5.74, 6) is 1.46. The summed E-state index contributed by atoms with van der Waals surface area (Å²) in [7, 11) is -2.79. The summed E-state index contributed by atoms with van der Waals surface area (Å²) >= 11 is 0. The fourth-order valence-corrected chi connectivity index (χ4v) is 4.60. The number of anilines is 1. The maximum Gasteiger partial charge on any atom is 0.225 e. The van der Waals surface area contributed by atoms with Crippen LogP contribution in [0.15, 0.2) is 6.07 Å². The Kier molecular flexibility index (Phi) is 4.36. The Labute approximate surface area is 132 Å². The van der Waals surface area contributed by atoms with E-state index in [4.69, 9.17) is 0 Å². The number of sulfone groups is 1. The van der Waals surface area contributed by atoms with Crippen molar-refractivity contribution in [1.82, 2.24) is 14.9 Å². The largest absolute Gasteiger partial charge is 0.341 e. The van der Waals surface area contributed by atoms with Crippen LogP contribution in [0.5, 0.6) is 0 Å². The molecule has 22 heavy (non-hydrogen) atoms. The van der Waals surface area contributed by atoms with Gasteiger partial charge in [-0.3, -0.25) is 4.90 Å². The van der Waals surface area contributed by atoms with Gasteiger partial charge in [-0.2, -0.15) is 0 Å². The maximum absolute atomic E-state index is 11.5. The summed E-state index contributed by atoms with van der Waals surface area (Å²) in [6, 6.07) is 2.49. The van der Waals surface area contributed by atoms with Crippen LogP contribution in [0.3, 0.4) is 0 Å². The summed E-state index contributed by atoms with van der Waals surface area (Å²) < 4.78 is 23.1. The van der Waals surface area contributed by atoms with Gasteiger partial charge in [-0.25, -0.2) is 18.4 Å². The van der Waals surface area contributed by atoms with Crippen molar-refractivity contribution in [2.24, 2.45) is 0 Å². The van der Waals surface area contributed by atoms with Crippen molar-refractivity contribution in [3.05, 3.63) is 17.5 Å². The van der Waals surface area contributed by atoms with Crippen LogP contribution >= 0.6 is 0 Å². The Balaban J connectivity index is 1.58. The molecule has 0 spiro atoms. The Bertz CT molecular complexity index is 605. The van der Waals surface area contributed by atoms with E-state index in [0.29, 0.717) is 30.6 Å². The minimum atomic E-state index is -2.79. The minimum Gasteiger partial charge on any atom is -0.341 e. The standard InChI is InChI=1S/C15H24N4O2S/c1-12-11-13(2)17-15(16-12)19-5-3-14(4-6-19)18-7-9-22(20,21)10-8-18/h11,14H,3-10H2,1-2H3. The van der Waals surface area contributed by atoms with Gasteiger partial charge in [0.2, 0.25) is 5.95 Å². The summed E-state index contributed by atoms with van der Waals surface area (Å²) in [4.78, 5) is 13.7.